The number of thiol groups is 3. The lowest BCUT2D eigenvalue weighted by Crippen LogP contribution is -2.06. The van der Waals surface area contributed by atoms with Gasteiger partial charge in [0.1, 0.15) is 3.41 Å². The van der Waals surface area contributed by atoms with Crippen LogP contribution in [-0.2, 0) is 0 Å². The summed E-state index contributed by atoms with van der Waals surface area (Å²) in [4.78, 5) is 0. The van der Waals surface area contributed by atoms with Gasteiger partial charge in [0, 0.05) is 5.75 Å². The maximum atomic E-state index is 4.31. The molecule has 0 aliphatic rings. The second kappa shape index (κ2) is 5.10. The van der Waals surface area contributed by atoms with Crippen molar-refractivity contribution < 1.29 is 0 Å². The van der Waals surface area contributed by atoms with Gasteiger partial charge >= 0.3 is 0 Å². The predicted octanol–water partition coefficient (Wildman–Crippen LogP) is 2.57. The molecule has 0 rings (SSSR count). The highest BCUT2D eigenvalue weighted by atomic mass is 32.2. The molecule has 9 heavy (non-hydrogen) atoms. The second-order valence-electron chi connectivity index (χ2n) is 1.67. The Hall–Kier alpha value is 1.40. The van der Waals surface area contributed by atoms with Crippen LogP contribution in [0, 0.1) is 0 Å². The Labute approximate surface area is 77.8 Å². The van der Waals surface area contributed by atoms with Gasteiger partial charge in [0.25, 0.3) is 0 Å². The lowest BCUT2D eigenvalue weighted by Gasteiger charge is -2.18. The summed E-state index contributed by atoms with van der Waals surface area (Å²) in [5, 5.41) is 0. The molecular weight excluding hydrogens is 188 g/mol. The van der Waals surface area contributed by atoms with Crippen LogP contribution in [0.2, 0.25) is 0 Å². The van der Waals surface area contributed by atoms with Gasteiger partial charge in [-0.2, -0.15) is 37.9 Å². The van der Waals surface area contributed by atoms with E-state index < -0.39 is 0 Å². The van der Waals surface area contributed by atoms with Gasteiger partial charge in [-0.15, -0.1) is 11.8 Å². The monoisotopic (exact) mass is 200 g/mol. The summed E-state index contributed by atoms with van der Waals surface area (Å²) in [5.74, 6) is 1.91. The van der Waals surface area contributed by atoms with Crippen LogP contribution in [0.4, 0.5) is 0 Å². The first kappa shape index (κ1) is 10.4. The molecule has 0 saturated carbocycles. The van der Waals surface area contributed by atoms with Crippen LogP contribution in [0.3, 0.4) is 0 Å². The molecule has 0 atom stereocenters. The maximum Gasteiger partial charge on any atom is 0.101 e. The fraction of sp³-hybridized carbons (Fsp3) is 1.00. The van der Waals surface area contributed by atoms with E-state index in [1.807, 2.05) is 0 Å². The molecule has 0 aliphatic heterocycles. The van der Waals surface area contributed by atoms with Crippen molar-refractivity contribution in [3.05, 3.63) is 0 Å². The van der Waals surface area contributed by atoms with E-state index in [4.69, 9.17) is 0 Å². The van der Waals surface area contributed by atoms with Gasteiger partial charge in [0.05, 0.1) is 0 Å². The minimum atomic E-state index is -0.150. The quantitative estimate of drug-likeness (QED) is 0.463. The Morgan fingerprint density at radius 3 is 2.33 bits per heavy atom. The van der Waals surface area contributed by atoms with Crippen LogP contribution in [0.1, 0.15) is 13.3 Å². The molecule has 0 heterocycles. The van der Waals surface area contributed by atoms with E-state index in [2.05, 4.69) is 44.8 Å². The fourth-order valence-corrected chi connectivity index (χ4v) is 1.76. The number of hydrogen-bond donors (Lipinski definition) is 3. The highest BCUT2D eigenvalue weighted by Crippen LogP contribution is 2.36. The lowest BCUT2D eigenvalue weighted by molar-refractivity contribution is 1.02. The van der Waals surface area contributed by atoms with Gasteiger partial charge in [0.15, 0.2) is 0 Å². The Morgan fingerprint density at radius 1 is 1.44 bits per heavy atom. The first-order valence-electron chi connectivity index (χ1n) is 2.82. The summed E-state index contributed by atoms with van der Waals surface area (Å²) >= 11 is 14.4. The largest absolute Gasteiger partial charge is 0.179 e. The van der Waals surface area contributed by atoms with Crippen LogP contribution >= 0.6 is 49.6 Å². The molecule has 0 aliphatic carbocycles. The molecule has 0 amide bonds. The topological polar surface area (TPSA) is 0 Å². The van der Waals surface area contributed by atoms with Crippen LogP contribution in [-0.4, -0.2) is 14.9 Å². The second-order valence-corrected chi connectivity index (χ2v) is 5.99. The van der Waals surface area contributed by atoms with Gasteiger partial charge in [0.2, 0.25) is 0 Å². The SMILES string of the molecule is CCC(S)(S)SCCS. The Morgan fingerprint density at radius 2 is 2.00 bits per heavy atom. The van der Waals surface area contributed by atoms with Crippen LogP contribution < -0.4 is 0 Å². The Bertz CT molecular complexity index is 71.4. The molecule has 56 valence electrons. The van der Waals surface area contributed by atoms with E-state index in [0.29, 0.717) is 0 Å². The third-order valence-corrected chi connectivity index (χ3v) is 3.98. The third kappa shape index (κ3) is 5.83. The highest BCUT2D eigenvalue weighted by Gasteiger charge is 2.16. The zero-order valence-corrected chi connectivity index (χ0v) is 8.87. The van der Waals surface area contributed by atoms with Gasteiger partial charge in [-0.25, -0.2) is 0 Å². The van der Waals surface area contributed by atoms with E-state index >= 15 is 0 Å². The first-order chi connectivity index (χ1) is 4.12. The van der Waals surface area contributed by atoms with Crippen molar-refractivity contribution >= 4 is 49.6 Å². The van der Waals surface area contributed by atoms with Crippen LogP contribution in [0.25, 0.3) is 0 Å². The maximum absolute atomic E-state index is 4.31. The molecule has 0 nitrogen and oxygen atoms in total. The summed E-state index contributed by atoms with van der Waals surface area (Å²) < 4.78 is -0.150. The predicted molar refractivity (Wildman–Crippen MR) is 57.3 cm³/mol. The molecule has 0 fully saturated rings. The summed E-state index contributed by atoms with van der Waals surface area (Å²) in [6.07, 6.45) is 0.970. The molecule has 0 spiro atoms. The molecule has 4 heteroatoms. The zero-order valence-electron chi connectivity index (χ0n) is 5.37. The summed E-state index contributed by atoms with van der Waals surface area (Å²) in [6, 6.07) is 0. The van der Waals surface area contributed by atoms with Crippen LogP contribution in [0.15, 0.2) is 0 Å². The molecule has 0 bridgehead atoms. The molecule has 0 aromatic rings. The van der Waals surface area contributed by atoms with Gasteiger partial charge in [-0.1, -0.05) is 6.92 Å². The van der Waals surface area contributed by atoms with Crippen molar-refractivity contribution in [3.63, 3.8) is 0 Å². The van der Waals surface area contributed by atoms with Crippen molar-refractivity contribution in [3.8, 4) is 0 Å². The smallest absolute Gasteiger partial charge is 0.101 e. The highest BCUT2D eigenvalue weighted by molar-refractivity contribution is 8.24. The van der Waals surface area contributed by atoms with Gasteiger partial charge in [-0.05, 0) is 12.2 Å². The normalized spacial score (nSPS) is 12.0. The van der Waals surface area contributed by atoms with Crippen molar-refractivity contribution in [2.75, 3.05) is 11.5 Å². The Kier molecular flexibility index (Phi) is 5.90. The average molecular weight is 200 g/mol. The van der Waals surface area contributed by atoms with E-state index in [0.717, 1.165) is 17.9 Å². The molecule has 0 N–H and O–H groups in total. The van der Waals surface area contributed by atoms with Crippen molar-refractivity contribution in [2.45, 2.75) is 16.8 Å². The molecule has 0 radical (unpaired) electrons. The average Bonchev–Trinajstić information content (AvgIpc) is 1.84. The van der Waals surface area contributed by atoms with E-state index in [-0.39, 0.29) is 3.41 Å². The van der Waals surface area contributed by atoms with Crippen molar-refractivity contribution in [1.29, 1.82) is 0 Å². The summed E-state index contributed by atoms with van der Waals surface area (Å²) in [6.45, 7) is 2.07. The van der Waals surface area contributed by atoms with Gasteiger partial charge < -0.3 is 0 Å². The molecular formula is C5H12S4. The first-order valence-corrected chi connectivity index (χ1v) is 5.33. The minimum absolute atomic E-state index is 0.150. The standard InChI is InChI=1S/C5H12S4/c1-2-5(7,8)9-4-3-6/h6-8H,2-4H2,1H3. The lowest BCUT2D eigenvalue weighted by atomic mass is 10.6. The van der Waals surface area contributed by atoms with Crippen molar-refractivity contribution in [1.82, 2.24) is 0 Å². The molecule has 0 aromatic carbocycles. The van der Waals surface area contributed by atoms with E-state index in [1.165, 1.54) is 0 Å². The summed E-state index contributed by atoms with van der Waals surface area (Å²) in [5.41, 5.74) is 0. The number of rotatable bonds is 4. The summed E-state index contributed by atoms with van der Waals surface area (Å²) in [7, 11) is 0. The molecule has 0 aromatic heterocycles. The fourth-order valence-electron chi connectivity index (χ4n) is 0.311. The third-order valence-electron chi connectivity index (χ3n) is 0.885. The molecule has 0 unspecified atom stereocenters. The number of thioether (sulfide) groups is 1. The molecule has 0 saturated heterocycles. The van der Waals surface area contributed by atoms with E-state index in [1.54, 1.807) is 11.8 Å². The minimum Gasteiger partial charge on any atom is -0.179 e. The van der Waals surface area contributed by atoms with Gasteiger partial charge in [-0.3, -0.25) is 0 Å². The van der Waals surface area contributed by atoms with E-state index in [9.17, 15) is 0 Å². The van der Waals surface area contributed by atoms with Crippen LogP contribution in [0.5, 0.6) is 0 Å². The number of hydrogen-bond acceptors (Lipinski definition) is 4. The van der Waals surface area contributed by atoms with Crippen molar-refractivity contribution in [2.24, 2.45) is 0 Å². The Balaban J connectivity index is 3.33. The zero-order chi connectivity index (χ0) is 7.33.